The second kappa shape index (κ2) is 6.13. The van der Waals surface area contributed by atoms with Crippen molar-refractivity contribution in [2.75, 3.05) is 31.8 Å². The number of hydrogen-bond donors (Lipinski definition) is 2. The van der Waals surface area contributed by atoms with Crippen LogP contribution in [0, 0.1) is 0 Å². The van der Waals surface area contributed by atoms with Crippen LogP contribution in [0.2, 0.25) is 0 Å². The molecule has 0 bridgehead atoms. The molecular weight excluding hydrogens is 254 g/mol. The Morgan fingerprint density at radius 2 is 2.15 bits per heavy atom. The normalized spacial score (nSPS) is 21.8. The van der Waals surface area contributed by atoms with Crippen molar-refractivity contribution in [1.82, 2.24) is 5.32 Å². The van der Waals surface area contributed by atoms with Crippen molar-refractivity contribution in [1.29, 1.82) is 0 Å². The first-order chi connectivity index (χ1) is 9.52. The van der Waals surface area contributed by atoms with Crippen LogP contribution in [0.3, 0.4) is 0 Å². The predicted octanol–water partition coefficient (Wildman–Crippen LogP) is 1.63. The fourth-order valence-electron chi connectivity index (χ4n) is 2.73. The lowest BCUT2D eigenvalue weighted by Gasteiger charge is -2.20. The minimum atomic E-state index is -0.0871. The number of carbonyl (C=O) groups is 1. The summed E-state index contributed by atoms with van der Waals surface area (Å²) in [5.74, 6) is -0.0871. The van der Waals surface area contributed by atoms with Gasteiger partial charge in [-0.1, -0.05) is 0 Å². The second-order valence-corrected chi connectivity index (χ2v) is 5.45. The van der Waals surface area contributed by atoms with Gasteiger partial charge in [-0.15, -0.1) is 0 Å². The first-order valence-corrected chi connectivity index (χ1v) is 6.93. The lowest BCUT2D eigenvalue weighted by atomic mass is 10.1. The number of anilines is 2. The largest absolute Gasteiger partial charge is 0.397 e. The van der Waals surface area contributed by atoms with Gasteiger partial charge in [0.1, 0.15) is 0 Å². The predicted molar refractivity (Wildman–Crippen MR) is 81.1 cm³/mol. The van der Waals surface area contributed by atoms with Crippen molar-refractivity contribution in [3.05, 3.63) is 23.8 Å². The zero-order valence-electron chi connectivity index (χ0n) is 12.3. The van der Waals surface area contributed by atoms with Gasteiger partial charge in [-0.25, -0.2) is 0 Å². The van der Waals surface area contributed by atoms with Gasteiger partial charge in [-0.2, -0.15) is 0 Å². The van der Waals surface area contributed by atoms with Crippen molar-refractivity contribution in [3.8, 4) is 0 Å². The lowest BCUT2D eigenvalue weighted by molar-refractivity contribution is 0.0722. The number of nitrogen functional groups attached to an aromatic ring is 1. The van der Waals surface area contributed by atoms with Crippen LogP contribution in [-0.2, 0) is 4.74 Å². The average molecular weight is 277 g/mol. The number of nitrogens with one attached hydrogen (secondary N) is 1. The highest BCUT2D eigenvalue weighted by Gasteiger charge is 2.28. The molecule has 0 heterocycles. The number of amides is 1. The van der Waals surface area contributed by atoms with E-state index in [9.17, 15) is 4.79 Å². The summed E-state index contributed by atoms with van der Waals surface area (Å²) in [6.07, 6.45) is 3.18. The third-order valence-corrected chi connectivity index (χ3v) is 3.84. The van der Waals surface area contributed by atoms with Gasteiger partial charge in [0.15, 0.2) is 0 Å². The van der Waals surface area contributed by atoms with Crippen molar-refractivity contribution in [2.45, 2.75) is 31.4 Å². The fraction of sp³-hybridized carbons (Fsp3) is 0.533. The molecule has 1 aromatic rings. The number of ether oxygens (including phenoxy) is 1. The molecule has 5 heteroatoms. The maximum Gasteiger partial charge on any atom is 0.251 e. The second-order valence-electron chi connectivity index (χ2n) is 5.45. The third-order valence-electron chi connectivity index (χ3n) is 3.84. The molecule has 1 amide bonds. The Balaban J connectivity index is 2.08. The Hall–Kier alpha value is -1.75. The van der Waals surface area contributed by atoms with E-state index in [1.807, 2.05) is 25.1 Å². The van der Waals surface area contributed by atoms with Crippen LogP contribution >= 0.6 is 0 Å². The molecule has 1 fully saturated rings. The summed E-state index contributed by atoms with van der Waals surface area (Å²) in [7, 11) is 5.54. The summed E-state index contributed by atoms with van der Waals surface area (Å²) in [4.78, 5) is 14.2. The van der Waals surface area contributed by atoms with Crippen molar-refractivity contribution < 1.29 is 9.53 Å². The van der Waals surface area contributed by atoms with Crippen LogP contribution in [0.4, 0.5) is 11.4 Å². The van der Waals surface area contributed by atoms with Crippen molar-refractivity contribution in [3.63, 3.8) is 0 Å². The molecule has 3 N–H and O–H groups in total. The summed E-state index contributed by atoms with van der Waals surface area (Å²) in [6.45, 7) is 0. The number of benzene rings is 1. The van der Waals surface area contributed by atoms with E-state index < -0.39 is 0 Å². The van der Waals surface area contributed by atoms with E-state index >= 15 is 0 Å². The van der Waals surface area contributed by atoms with Gasteiger partial charge in [-0.3, -0.25) is 4.79 Å². The van der Waals surface area contributed by atoms with Crippen LogP contribution in [0.25, 0.3) is 0 Å². The summed E-state index contributed by atoms with van der Waals surface area (Å²) in [5, 5.41) is 3.04. The van der Waals surface area contributed by atoms with Crippen molar-refractivity contribution in [2.24, 2.45) is 0 Å². The molecule has 1 aromatic carbocycles. The molecule has 110 valence electrons. The van der Waals surface area contributed by atoms with E-state index in [1.54, 1.807) is 19.2 Å². The lowest BCUT2D eigenvalue weighted by Crippen LogP contribution is -2.40. The number of hydrogen-bond acceptors (Lipinski definition) is 4. The number of methoxy groups -OCH3 is 1. The SMILES string of the molecule is COC1CCCC1NC(=O)c1ccc(N(C)C)c(N)c1. The number of nitrogens with two attached hydrogens (primary N) is 1. The van der Waals surface area contributed by atoms with E-state index in [-0.39, 0.29) is 18.1 Å². The van der Waals surface area contributed by atoms with Gasteiger partial charge in [0.2, 0.25) is 0 Å². The van der Waals surface area contributed by atoms with E-state index in [1.165, 1.54) is 0 Å². The Bertz CT molecular complexity index is 488. The van der Waals surface area contributed by atoms with Crippen LogP contribution in [0.1, 0.15) is 29.6 Å². The smallest absolute Gasteiger partial charge is 0.251 e. The Kier molecular flexibility index (Phi) is 4.49. The molecule has 0 radical (unpaired) electrons. The first kappa shape index (κ1) is 14.7. The van der Waals surface area contributed by atoms with Crippen LogP contribution in [0.5, 0.6) is 0 Å². The maximum absolute atomic E-state index is 12.3. The zero-order valence-corrected chi connectivity index (χ0v) is 12.3. The van der Waals surface area contributed by atoms with Crippen LogP contribution in [-0.4, -0.2) is 39.3 Å². The third kappa shape index (κ3) is 3.04. The van der Waals surface area contributed by atoms with Gasteiger partial charge >= 0.3 is 0 Å². The topological polar surface area (TPSA) is 67.6 Å². The Labute approximate surface area is 120 Å². The van der Waals surface area contributed by atoms with Gasteiger partial charge in [0.05, 0.1) is 23.5 Å². The molecule has 2 atom stereocenters. The number of rotatable bonds is 4. The number of carbonyl (C=O) groups excluding carboxylic acids is 1. The minimum absolute atomic E-state index is 0.0871. The monoisotopic (exact) mass is 277 g/mol. The molecular formula is C15H23N3O2. The summed E-state index contributed by atoms with van der Waals surface area (Å²) < 4.78 is 5.39. The quantitative estimate of drug-likeness (QED) is 0.821. The zero-order chi connectivity index (χ0) is 14.7. The average Bonchev–Trinajstić information content (AvgIpc) is 2.85. The Morgan fingerprint density at radius 3 is 2.75 bits per heavy atom. The van der Waals surface area contributed by atoms with Gasteiger partial charge in [0, 0.05) is 26.8 Å². The molecule has 0 saturated heterocycles. The fourth-order valence-corrected chi connectivity index (χ4v) is 2.73. The highest BCUT2D eigenvalue weighted by atomic mass is 16.5. The minimum Gasteiger partial charge on any atom is -0.397 e. The van der Waals surface area contributed by atoms with Crippen molar-refractivity contribution >= 4 is 17.3 Å². The highest BCUT2D eigenvalue weighted by molar-refractivity contribution is 5.96. The summed E-state index contributed by atoms with van der Waals surface area (Å²) in [5.41, 5.74) is 8.09. The highest BCUT2D eigenvalue weighted by Crippen LogP contribution is 2.24. The molecule has 2 rings (SSSR count). The van der Waals surface area contributed by atoms with Gasteiger partial charge in [0.25, 0.3) is 5.91 Å². The summed E-state index contributed by atoms with van der Waals surface area (Å²) >= 11 is 0. The Morgan fingerprint density at radius 1 is 1.40 bits per heavy atom. The van der Waals surface area contributed by atoms with E-state index in [4.69, 9.17) is 10.5 Å². The number of nitrogens with zero attached hydrogens (tertiary/aromatic N) is 1. The van der Waals surface area contributed by atoms with E-state index in [0.717, 1.165) is 24.9 Å². The van der Waals surface area contributed by atoms with E-state index in [0.29, 0.717) is 11.3 Å². The standard InChI is InChI=1S/C15H23N3O2/c1-18(2)13-8-7-10(9-11(13)16)15(19)17-12-5-4-6-14(12)20-3/h7-9,12,14H,4-6,16H2,1-3H3,(H,17,19). The van der Waals surface area contributed by atoms with Gasteiger partial charge < -0.3 is 20.7 Å². The molecule has 1 saturated carbocycles. The molecule has 20 heavy (non-hydrogen) atoms. The molecule has 1 aliphatic rings. The van der Waals surface area contributed by atoms with Gasteiger partial charge in [-0.05, 0) is 37.5 Å². The van der Waals surface area contributed by atoms with Crippen LogP contribution < -0.4 is 16.0 Å². The van der Waals surface area contributed by atoms with E-state index in [2.05, 4.69) is 5.32 Å². The summed E-state index contributed by atoms with van der Waals surface area (Å²) in [6, 6.07) is 5.49. The molecule has 1 aliphatic carbocycles. The molecule has 2 unspecified atom stereocenters. The van der Waals surface area contributed by atoms with Crippen LogP contribution in [0.15, 0.2) is 18.2 Å². The maximum atomic E-state index is 12.3. The molecule has 0 spiro atoms. The first-order valence-electron chi connectivity index (χ1n) is 6.93. The molecule has 0 aliphatic heterocycles. The molecule has 0 aromatic heterocycles. The molecule has 5 nitrogen and oxygen atoms in total.